The van der Waals surface area contributed by atoms with Crippen molar-refractivity contribution in [1.29, 1.82) is 5.26 Å². The Hall–Kier alpha value is -0.590. The summed E-state index contributed by atoms with van der Waals surface area (Å²) in [5.74, 6) is 0. The second-order valence-electron chi connectivity index (χ2n) is 5.80. The molecule has 0 saturated carbocycles. The fourth-order valence-corrected chi connectivity index (χ4v) is 3.16. The van der Waals surface area contributed by atoms with Crippen LogP contribution in [0.25, 0.3) is 0 Å². The van der Waals surface area contributed by atoms with Crippen molar-refractivity contribution in [2.75, 3.05) is 13.1 Å². The highest BCUT2D eigenvalue weighted by molar-refractivity contribution is 5.03. The van der Waals surface area contributed by atoms with Gasteiger partial charge in [0.15, 0.2) is 0 Å². The van der Waals surface area contributed by atoms with Crippen molar-refractivity contribution in [3.8, 4) is 6.07 Å². The summed E-state index contributed by atoms with van der Waals surface area (Å²) in [5.41, 5.74) is -0.348. The highest BCUT2D eigenvalue weighted by Gasteiger charge is 2.29. The van der Waals surface area contributed by atoms with Crippen LogP contribution in [0.1, 0.15) is 59.8 Å². The van der Waals surface area contributed by atoms with Gasteiger partial charge in [-0.1, -0.05) is 13.8 Å². The molecule has 1 fully saturated rings. The third-order valence-electron chi connectivity index (χ3n) is 4.33. The van der Waals surface area contributed by atoms with E-state index in [4.69, 9.17) is 0 Å². The van der Waals surface area contributed by atoms with Gasteiger partial charge in [0.2, 0.25) is 0 Å². The van der Waals surface area contributed by atoms with Gasteiger partial charge in [0.25, 0.3) is 0 Å². The molecule has 0 aromatic heterocycles. The van der Waals surface area contributed by atoms with Crippen LogP contribution in [0.2, 0.25) is 0 Å². The van der Waals surface area contributed by atoms with Gasteiger partial charge in [0.1, 0.15) is 5.54 Å². The third-order valence-corrected chi connectivity index (χ3v) is 4.33. The van der Waals surface area contributed by atoms with Gasteiger partial charge in [0, 0.05) is 12.1 Å². The summed E-state index contributed by atoms with van der Waals surface area (Å²) in [6.45, 7) is 10.7. The van der Waals surface area contributed by atoms with Crippen molar-refractivity contribution >= 4 is 0 Å². The van der Waals surface area contributed by atoms with E-state index in [2.05, 4.69) is 37.1 Å². The first-order valence-electron chi connectivity index (χ1n) is 7.48. The first kappa shape index (κ1) is 15.5. The van der Waals surface area contributed by atoms with E-state index < -0.39 is 0 Å². The van der Waals surface area contributed by atoms with Gasteiger partial charge in [-0.05, 0) is 59.0 Å². The summed E-state index contributed by atoms with van der Waals surface area (Å²) in [4.78, 5) is 2.64. The summed E-state index contributed by atoms with van der Waals surface area (Å²) < 4.78 is 0. The molecule has 3 nitrogen and oxygen atoms in total. The molecule has 1 aliphatic heterocycles. The lowest BCUT2D eigenvalue weighted by molar-refractivity contribution is 0.189. The molecule has 0 aliphatic carbocycles. The number of hydrogen-bond donors (Lipinski definition) is 1. The van der Waals surface area contributed by atoms with Crippen molar-refractivity contribution in [2.45, 2.75) is 77.4 Å². The lowest BCUT2D eigenvalue weighted by atomic mass is 9.97. The summed E-state index contributed by atoms with van der Waals surface area (Å²) in [6.07, 6.45) is 5.99. The third kappa shape index (κ3) is 3.96. The molecule has 1 heterocycles. The lowest BCUT2D eigenvalue weighted by Gasteiger charge is -2.29. The molecule has 3 atom stereocenters. The predicted molar refractivity (Wildman–Crippen MR) is 76.4 cm³/mol. The molecule has 104 valence electrons. The fraction of sp³-hybridized carbons (Fsp3) is 0.933. The average molecular weight is 251 g/mol. The average Bonchev–Trinajstić information content (AvgIpc) is 2.71. The van der Waals surface area contributed by atoms with E-state index >= 15 is 0 Å². The Balaban J connectivity index is 2.38. The zero-order chi connectivity index (χ0) is 13.6. The van der Waals surface area contributed by atoms with Gasteiger partial charge in [-0.15, -0.1) is 0 Å². The van der Waals surface area contributed by atoms with Crippen molar-refractivity contribution in [2.24, 2.45) is 0 Å². The van der Waals surface area contributed by atoms with Crippen molar-refractivity contribution in [1.82, 2.24) is 10.2 Å². The maximum Gasteiger partial charge on any atom is 0.103 e. The van der Waals surface area contributed by atoms with E-state index in [0.29, 0.717) is 0 Å². The first-order valence-corrected chi connectivity index (χ1v) is 7.48. The molecule has 1 saturated heterocycles. The minimum Gasteiger partial charge on any atom is -0.300 e. The Labute approximate surface area is 113 Å². The predicted octanol–water partition coefficient (Wildman–Crippen LogP) is 2.92. The molecule has 0 bridgehead atoms. The standard InChI is InChI=1S/C15H29N3/c1-5-14-9-8-13(3)18(14)11-7-10-15(4,12-16)17-6-2/h13-14,17H,5-11H2,1-4H3. The number of hydrogen-bond acceptors (Lipinski definition) is 3. The maximum absolute atomic E-state index is 9.23. The Kier molecular flexibility index (Phi) is 6.11. The highest BCUT2D eigenvalue weighted by atomic mass is 15.2. The lowest BCUT2D eigenvalue weighted by Crippen LogP contribution is -2.42. The van der Waals surface area contributed by atoms with Crippen LogP contribution < -0.4 is 5.32 Å². The highest BCUT2D eigenvalue weighted by Crippen LogP contribution is 2.26. The van der Waals surface area contributed by atoms with Crippen LogP contribution in [0, 0.1) is 11.3 Å². The second-order valence-corrected chi connectivity index (χ2v) is 5.80. The molecule has 18 heavy (non-hydrogen) atoms. The van der Waals surface area contributed by atoms with Gasteiger partial charge in [-0.25, -0.2) is 0 Å². The molecule has 0 aromatic rings. The molecule has 3 heteroatoms. The van der Waals surface area contributed by atoms with E-state index in [9.17, 15) is 5.26 Å². The SMILES string of the molecule is CCNC(C)(C#N)CCCN1C(C)CCC1CC. The molecule has 0 radical (unpaired) electrons. The Morgan fingerprint density at radius 1 is 1.39 bits per heavy atom. The molecule has 3 unspecified atom stereocenters. The number of nitrogens with one attached hydrogen (secondary N) is 1. The molecule has 0 amide bonds. The van der Waals surface area contributed by atoms with E-state index in [-0.39, 0.29) is 5.54 Å². The largest absolute Gasteiger partial charge is 0.300 e. The van der Waals surface area contributed by atoms with E-state index in [1.54, 1.807) is 0 Å². The minimum absolute atomic E-state index is 0.348. The number of rotatable bonds is 7. The van der Waals surface area contributed by atoms with Gasteiger partial charge in [0.05, 0.1) is 6.07 Å². The Morgan fingerprint density at radius 3 is 2.67 bits per heavy atom. The zero-order valence-electron chi connectivity index (χ0n) is 12.5. The van der Waals surface area contributed by atoms with Crippen molar-refractivity contribution in [3.63, 3.8) is 0 Å². The van der Waals surface area contributed by atoms with Crippen LogP contribution in [0.3, 0.4) is 0 Å². The molecule has 1 rings (SSSR count). The maximum atomic E-state index is 9.23. The molecular formula is C15H29N3. The fourth-order valence-electron chi connectivity index (χ4n) is 3.16. The molecule has 1 N–H and O–H groups in total. The van der Waals surface area contributed by atoms with Crippen LogP contribution in [-0.2, 0) is 0 Å². The van der Waals surface area contributed by atoms with Crippen LogP contribution in [0.4, 0.5) is 0 Å². The summed E-state index contributed by atoms with van der Waals surface area (Å²) in [5, 5.41) is 12.5. The smallest absolute Gasteiger partial charge is 0.103 e. The number of likely N-dealkylation sites (tertiary alicyclic amines) is 1. The monoisotopic (exact) mass is 251 g/mol. The summed E-state index contributed by atoms with van der Waals surface area (Å²) in [6, 6.07) is 3.91. The number of nitrogens with zero attached hydrogens (tertiary/aromatic N) is 2. The molecule has 0 aromatic carbocycles. The topological polar surface area (TPSA) is 39.1 Å². The second kappa shape index (κ2) is 7.11. The van der Waals surface area contributed by atoms with Crippen LogP contribution in [0.15, 0.2) is 0 Å². The normalized spacial score (nSPS) is 27.9. The van der Waals surface area contributed by atoms with Crippen LogP contribution >= 0.6 is 0 Å². The van der Waals surface area contributed by atoms with E-state index in [0.717, 1.165) is 38.0 Å². The zero-order valence-corrected chi connectivity index (χ0v) is 12.5. The first-order chi connectivity index (χ1) is 8.56. The van der Waals surface area contributed by atoms with Gasteiger partial charge >= 0.3 is 0 Å². The van der Waals surface area contributed by atoms with Gasteiger partial charge < -0.3 is 0 Å². The van der Waals surface area contributed by atoms with Crippen LogP contribution in [-0.4, -0.2) is 35.6 Å². The van der Waals surface area contributed by atoms with E-state index in [1.807, 2.05) is 6.92 Å². The molecule has 0 spiro atoms. The Morgan fingerprint density at radius 2 is 2.11 bits per heavy atom. The minimum atomic E-state index is -0.348. The van der Waals surface area contributed by atoms with Crippen molar-refractivity contribution in [3.05, 3.63) is 0 Å². The van der Waals surface area contributed by atoms with E-state index in [1.165, 1.54) is 19.3 Å². The Bertz CT molecular complexity index is 284. The van der Waals surface area contributed by atoms with Crippen LogP contribution in [0.5, 0.6) is 0 Å². The summed E-state index contributed by atoms with van der Waals surface area (Å²) >= 11 is 0. The van der Waals surface area contributed by atoms with Gasteiger partial charge in [-0.2, -0.15) is 5.26 Å². The van der Waals surface area contributed by atoms with Crippen molar-refractivity contribution < 1.29 is 0 Å². The van der Waals surface area contributed by atoms with Gasteiger partial charge in [-0.3, -0.25) is 10.2 Å². The molecule has 1 aliphatic rings. The quantitative estimate of drug-likeness (QED) is 0.756. The summed E-state index contributed by atoms with van der Waals surface area (Å²) in [7, 11) is 0. The molecular weight excluding hydrogens is 222 g/mol. The number of nitriles is 1.